The van der Waals surface area contributed by atoms with E-state index in [1.165, 1.54) is 4.90 Å². The van der Waals surface area contributed by atoms with Gasteiger partial charge in [0.1, 0.15) is 40.4 Å². The lowest BCUT2D eigenvalue weighted by Crippen LogP contribution is -2.58. The molecule has 308 valence electrons. The van der Waals surface area contributed by atoms with Gasteiger partial charge in [-0.15, -0.1) is 11.3 Å². The Bertz CT molecular complexity index is 2410. The van der Waals surface area contributed by atoms with E-state index >= 15 is 0 Å². The van der Waals surface area contributed by atoms with Crippen molar-refractivity contribution in [2.24, 2.45) is 5.92 Å². The van der Waals surface area contributed by atoms with Crippen molar-refractivity contribution >= 4 is 67.2 Å². The molecule has 1 aromatic carbocycles. The minimum atomic E-state index is -3.91. The van der Waals surface area contributed by atoms with Crippen LogP contribution in [0.5, 0.6) is 5.75 Å². The standard InChI is InChI=1S/C42H49N5O9S2/c1-24-18-19-57-36(24)30-21-33(35-34(43-30)28-13-10-11-15-32(28)55-35)54-26-20-31-37(48)45-42(39(50)46-58(52,53)27-16-17-27)22-25(42)12-8-6-5-7-9-14-29(38(49)47(31)23-26)44-40(51)56-41(2,3)4/h8,10-13,15,18-19,21,25-27,29,31H,5-7,9,14,16-17,20,22-23H2,1-4H3,(H,44,51)(H,45,48)(H,46,50)/t25-,26-,29+,31+,42-/m1/s1. The van der Waals surface area contributed by atoms with Crippen LogP contribution in [-0.4, -0.2) is 83.2 Å². The van der Waals surface area contributed by atoms with Crippen LogP contribution in [0, 0.1) is 12.8 Å². The number of para-hydroxylation sites is 1. The Hall–Kier alpha value is -4.96. The molecule has 5 atom stereocenters. The number of hydrogen-bond acceptors (Lipinski definition) is 11. The van der Waals surface area contributed by atoms with E-state index in [4.69, 9.17) is 18.9 Å². The van der Waals surface area contributed by atoms with Gasteiger partial charge in [0.25, 0.3) is 5.91 Å². The minimum absolute atomic E-state index is 0.0284. The lowest BCUT2D eigenvalue weighted by Gasteiger charge is -2.30. The largest absolute Gasteiger partial charge is 0.484 e. The quantitative estimate of drug-likeness (QED) is 0.180. The maximum atomic E-state index is 14.7. The van der Waals surface area contributed by atoms with Crippen molar-refractivity contribution in [3.8, 4) is 16.3 Å². The van der Waals surface area contributed by atoms with Crippen molar-refractivity contribution in [3.05, 3.63) is 59.5 Å². The van der Waals surface area contributed by atoms with Crippen LogP contribution in [0.15, 0.2) is 58.3 Å². The summed E-state index contributed by atoms with van der Waals surface area (Å²) in [5, 5.41) is 7.85. The SMILES string of the molecule is Cc1ccsc1-c1cc(O[C@@H]2C[C@H]3C(=O)N[C@]4(C(=O)NS(=O)(=O)C5CC5)C[C@H]4C=CCCCCC[C@H](NC(=O)OC(C)(C)C)C(=O)N3C2)c2oc3ccccc3c2n1. The Labute approximate surface area is 341 Å². The lowest BCUT2D eigenvalue weighted by atomic mass is 10.0. The van der Waals surface area contributed by atoms with Crippen LogP contribution in [0.2, 0.25) is 0 Å². The van der Waals surface area contributed by atoms with Crippen molar-refractivity contribution < 1.29 is 41.5 Å². The van der Waals surface area contributed by atoms with Crippen molar-refractivity contribution in [2.45, 2.75) is 120 Å². The number of sulfonamides is 1. The first-order valence-electron chi connectivity index (χ1n) is 20.0. The van der Waals surface area contributed by atoms with Gasteiger partial charge in [0.2, 0.25) is 21.8 Å². The Morgan fingerprint density at radius 3 is 2.62 bits per heavy atom. The van der Waals surface area contributed by atoms with Gasteiger partial charge >= 0.3 is 6.09 Å². The van der Waals surface area contributed by atoms with E-state index in [1.54, 1.807) is 32.1 Å². The number of nitrogens with one attached hydrogen (secondary N) is 3. The van der Waals surface area contributed by atoms with E-state index < -0.39 is 74.3 Å². The number of fused-ring (bicyclic) bond motifs is 5. The van der Waals surface area contributed by atoms with Crippen molar-refractivity contribution in [3.63, 3.8) is 0 Å². The summed E-state index contributed by atoms with van der Waals surface area (Å²) in [6, 6.07) is 9.25. The molecule has 4 aliphatic rings. The van der Waals surface area contributed by atoms with Gasteiger partial charge in [-0.25, -0.2) is 18.2 Å². The second-order valence-electron chi connectivity index (χ2n) is 16.9. The van der Waals surface area contributed by atoms with Crippen LogP contribution in [0.4, 0.5) is 4.79 Å². The molecule has 2 saturated carbocycles. The molecule has 3 N–H and O–H groups in total. The van der Waals surface area contributed by atoms with Crippen LogP contribution in [0.1, 0.15) is 84.1 Å². The summed E-state index contributed by atoms with van der Waals surface area (Å²) in [5.74, 6) is -1.96. The number of pyridine rings is 1. The number of alkyl carbamates (subject to hydrolysis) is 1. The predicted molar refractivity (Wildman–Crippen MR) is 219 cm³/mol. The number of allylic oxidation sites excluding steroid dienone is 1. The van der Waals surface area contributed by atoms with Gasteiger partial charge in [0, 0.05) is 23.8 Å². The average molecular weight is 832 g/mol. The number of rotatable bonds is 7. The van der Waals surface area contributed by atoms with Gasteiger partial charge in [-0.1, -0.05) is 37.1 Å². The second-order valence-corrected chi connectivity index (χ2v) is 19.8. The Morgan fingerprint density at radius 1 is 1.09 bits per heavy atom. The molecular formula is C42H49N5O9S2. The molecule has 3 aromatic heterocycles. The number of ether oxygens (including phenoxy) is 2. The Morgan fingerprint density at radius 2 is 1.88 bits per heavy atom. The average Bonchev–Trinajstić information content (AvgIpc) is 4.00. The Kier molecular flexibility index (Phi) is 10.5. The number of furan rings is 1. The molecule has 8 rings (SSSR count). The van der Waals surface area contributed by atoms with E-state index in [1.807, 2.05) is 60.9 Å². The molecule has 58 heavy (non-hydrogen) atoms. The van der Waals surface area contributed by atoms with E-state index in [0.717, 1.165) is 28.7 Å². The maximum absolute atomic E-state index is 14.7. The number of nitrogens with zero attached hydrogens (tertiary/aromatic N) is 2. The van der Waals surface area contributed by atoms with Gasteiger partial charge in [0.15, 0.2) is 11.3 Å². The number of benzene rings is 1. The van der Waals surface area contributed by atoms with Gasteiger partial charge < -0.3 is 29.4 Å². The monoisotopic (exact) mass is 831 g/mol. The number of aryl methyl sites for hydroxylation is 1. The molecule has 0 bridgehead atoms. The summed E-state index contributed by atoms with van der Waals surface area (Å²) >= 11 is 1.55. The van der Waals surface area contributed by atoms with Crippen LogP contribution in [0.3, 0.4) is 0 Å². The van der Waals surface area contributed by atoms with Gasteiger partial charge in [-0.3, -0.25) is 19.1 Å². The molecule has 2 aliphatic heterocycles. The van der Waals surface area contributed by atoms with E-state index in [-0.39, 0.29) is 19.4 Å². The van der Waals surface area contributed by atoms with Crippen LogP contribution in [-0.2, 0) is 29.1 Å². The number of thiophene rings is 1. The summed E-state index contributed by atoms with van der Waals surface area (Å²) in [6.07, 6.45) is 6.67. The molecule has 4 amide bonds. The first-order valence-corrected chi connectivity index (χ1v) is 22.4. The first-order chi connectivity index (χ1) is 27.6. The molecular weight excluding hydrogens is 783 g/mol. The normalized spacial score (nSPS) is 25.6. The molecule has 5 heterocycles. The van der Waals surface area contributed by atoms with Crippen molar-refractivity contribution in [1.82, 2.24) is 25.2 Å². The second kappa shape index (κ2) is 15.3. The van der Waals surface area contributed by atoms with Crippen LogP contribution in [0.25, 0.3) is 32.6 Å². The number of aromatic nitrogens is 1. The molecule has 1 saturated heterocycles. The van der Waals surface area contributed by atoms with E-state index in [9.17, 15) is 27.6 Å². The third-order valence-electron chi connectivity index (χ3n) is 11.2. The van der Waals surface area contributed by atoms with Crippen molar-refractivity contribution in [1.29, 1.82) is 0 Å². The highest BCUT2D eigenvalue weighted by molar-refractivity contribution is 7.91. The third-order valence-corrected chi connectivity index (χ3v) is 14.1. The molecule has 2 aliphatic carbocycles. The summed E-state index contributed by atoms with van der Waals surface area (Å²) in [7, 11) is -3.91. The topological polar surface area (TPSA) is 186 Å². The summed E-state index contributed by atoms with van der Waals surface area (Å²) in [5.41, 5.74) is 1.06. The molecule has 14 nitrogen and oxygen atoms in total. The molecule has 16 heteroatoms. The van der Waals surface area contributed by atoms with E-state index in [0.29, 0.717) is 60.2 Å². The molecule has 3 fully saturated rings. The van der Waals surface area contributed by atoms with Crippen LogP contribution < -0.4 is 20.1 Å². The zero-order valence-electron chi connectivity index (χ0n) is 33.0. The highest BCUT2D eigenvalue weighted by Gasteiger charge is 2.62. The number of carbonyl (C=O) groups excluding carboxylic acids is 4. The summed E-state index contributed by atoms with van der Waals surface area (Å²) in [6.45, 7) is 7.18. The zero-order chi connectivity index (χ0) is 41.0. The molecule has 4 aromatic rings. The fourth-order valence-electron chi connectivity index (χ4n) is 7.97. The van der Waals surface area contributed by atoms with Crippen molar-refractivity contribution in [2.75, 3.05) is 6.54 Å². The summed E-state index contributed by atoms with van der Waals surface area (Å²) < 4.78 is 46.7. The number of hydrogen-bond donors (Lipinski definition) is 3. The fraction of sp³-hybridized carbons (Fsp3) is 0.500. The minimum Gasteiger partial charge on any atom is -0.484 e. The van der Waals surface area contributed by atoms with Gasteiger partial charge in [-0.05, 0) is 95.4 Å². The number of carbonyl (C=O) groups is 4. The van der Waals surface area contributed by atoms with Crippen LogP contribution >= 0.6 is 11.3 Å². The third kappa shape index (κ3) is 8.17. The zero-order valence-corrected chi connectivity index (χ0v) is 34.7. The van der Waals surface area contributed by atoms with Gasteiger partial charge in [0.05, 0.1) is 22.4 Å². The number of amides is 4. The highest BCUT2D eigenvalue weighted by Crippen LogP contribution is 2.46. The maximum Gasteiger partial charge on any atom is 0.408 e. The van der Waals surface area contributed by atoms with Gasteiger partial charge in [-0.2, -0.15) is 0 Å². The molecule has 0 spiro atoms. The first kappa shape index (κ1) is 39.8. The molecule has 0 unspecified atom stereocenters. The highest BCUT2D eigenvalue weighted by atomic mass is 32.2. The smallest absolute Gasteiger partial charge is 0.408 e. The Balaban J connectivity index is 1.15. The predicted octanol–water partition coefficient (Wildman–Crippen LogP) is 6.26. The summed E-state index contributed by atoms with van der Waals surface area (Å²) in [4.78, 5) is 63.6. The lowest BCUT2D eigenvalue weighted by molar-refractivity contribution is -0.141. The van der Waals surface area contributed by atoms with E-state index in [2.05, 4.69) is 15.4 Å². The fourth-order valence-corrected chi connectivity index (χ4v) is 10.2. The molecule has 0 radical (unpaired) electrons.